The molecular formula is C12H17N3OS. The van der Waals surface area contributed by atoms with Gasteiger partial charge in [-0.3, -0.25) is 9.78 Å². The smallest absolute Gasteiger partial charge is 0.238 e. The molecule has 0 aliphatic heterocycles. The summed E-state index contributed by atoms with van der Waals surface area (Å²) in [4.78, 5) is 16.6. The maximum atomic E-state index is 11.5. The molecule has 1 unspecified atom stereocenters. The Morgan fingerprint density at radius 2 is 2.24 bits per heavy atom. The standard InChI is InChI=1S/C12H17N3OS/c1-12(11(13)16,15-9-2-3-9)8-17-10-4-6-14-7-5-10/h4-7,9,15H,2-3,8H2,1H3,(H2,13,16). The highest BCUT2D eigenvalue weighted by Gasteiger charge is 2.36. The highest BCUT2D eigenvalue weighted by molar-refractivity contribution is 7.99. The number of nitrogens with one attached hydrogen (secondary N) is 1. The van der Waals surface area contributed by atoms with Gasteiger partial charge in [-0.15, -0.1) is 11.8 Å². The molecule has 1 heterocycles. The van der Waals surface area contributed by atoms with Crippen LogP contribution in [0.5, 0.6) is 0 Å². The van der Waals surface area contributed by atoms with Gasteiger partial charge in [-0.25, -0.2) is 0 Å². The highest BCUT2D eigenvalue weighted by atomic mass is 32.2. The molecule has 0 spiro atoms. The van der Waals surface area contributed by atoms with Crippen LogP contribution in [0.1, 0.15) is 19.8 Å². The van der Waals surface area contributed by atoms with E-state index in [2.05, 4.69) is 10.3 Å². The number of nitrogens with zero attached hydrogens (tertiary/aromatic N) is 1. The second-order valence-electron chi connectivity index (χ2n) is 4.59. The van der Waals surface area contributed by atoms with Crippen molar-refractivity contribution in [1.29, 1.82) is 0 Å². The molecule has 92 valence electrons. The van der Waals surface area contributed by atoms with Gasteiger partial charge in [-0.1, -0.05) is 0 Å². The molecule has 0 bridgehead atoms. The van der Waals surface area contributed by atoms with E-state index in [0.717, 1.165) is 17.7 Å². The molecule has 1 fully saturated rings. The van der Waals surface area contributed by atoms with Crippen LogP contribution in [0.3, 0.4) is 0 Å². The number of amides is 1. The van der Waals surface area contributed by atoms with Crippen molar-refractivity contribution in [3.8, 4) is 0 Å². The second kappa shape index (κ2) is 5.06. The van der Waals surface area contributed by atoms with E-state index in [1.807, 2.05) is 19.1 Å². The Morgan fingerprint density at radius 3 is 2.76 bits per heavy atom. The molecule has 1 aliphatic carbocycles. The summed E-state index contributed by atoms with van der Waals surface area (Å²) in [5.41, 5.74) is 4.85. The van der Waals surface area contributed by atoms with E-state index < -0.39 is 5.54 Å². The normalized spacial score (nSPS) is 18.6. The first kappa shape index (κ1) is 12.4. The number of nitrogens with two attached hydrogens (primary N) is 1. The molecule has 1 saturated carbocycles. The lowest BCUT2D eigenvalue weighted by molar-refractivity contribution is -0.123. The fourth-order valence-electron chi connectivity index (χ4n) is 1.52. The van der Waals surface area contributed by atoms with Gasteiger partial charge in [0.1, 0.15) is 5.54 Å². The van der Waals surface area contributed by atoms with Gasteiger partial charge in [0.15, 0.2) is 0 Å². The number of rotatable bonds is 6. The molecule has 1 amide bonds. The lowest BCUT2D eigenvalue weighted by Gasteiger charge is -2.27. The zero-order chi connectivity index (χ0) is 12.3. The summed E-state index contributed by atoms with van der Waals surface area (Å²) in [7, 11) is 0. The molecule has 1 aliphatic rings. The van der Waals surface area contributed by atoms with Crippen LogP contribution in [0.2, 0.25) is 0 Å². The van der Waals surface area contributed by atoms with Crippen LogP contribution < -0.4 is 11.1 Å². The van der Waals surface area contributed by atoms with Crippen molar-refractivity contribution in [3.05, 3.63) is 24.5 Å². The first-order chi connectivity index (χ1) is 8.10. The molecule has 1 aromatic rings. The summed E-state index contributed by atoms with van der Waals surface area (Å²) in [5, 5.41) is 3.33. The molecule has 5 heteroatoms. The third-order valence-electron chi connectivity index (χ3n) is 2.82. The number of aromatic nitrogens is 1. The van der Waals surface area contributed by atoms with Crippen LogP contribution in [0, 0.1) is 0 Å². The lowest BCUT2D eigenvalue weighted by Crippen LogP contribution is -2.55. The molecular weight excluding hydrogens is 234 g/mol. The Kier molecular flexibility index (Phi) is 3.69. The number of carbonyl (C=O) groups excluding carboxylic acids is 1. The van der Waals surface area contributed by atoms with E-state index in [4.69, 9.17) is 5.73 Å². The SMILES string of the molecule is CC(CSc1ccncc1)(NC1CC1)C(N)=O. The van der Waals surface area contributed by atoms with E-state index >= 15 is 0 Å². The largest absolute Gasteiger partial charge is 0.368 e. The highest BCUT2D eigenvalue weighted by Crippen LogP contribution is 2.27. The van der Waals surface area contributed by atoms with Crippen molar-refractivity contribution in [3.63, 3.8) is 0 Å². The minimum absolute atomic E-state index is 0.286. The molecule has 3 N–H and O–H groups in total. The Balaban J connectivity index is 1.95. The number of thioether (sulfide) groups is 1. The quantitative estimate of drug-likeness (QED) is 0.745. The van der Waals surface area contributed by atoms with E-state index in [1.54, 1.807) is 24.2 Å². The maximum Gasteiger partial charge on any atom is 0.238 e. The van der Waals surface area contributed by atoms with Crippen LogP contribution in [0.4, 0.5) is 0 Å². The Hall–Kier alpha value is -1.07. The molecule has 1 atom stereocenters. The van der Waals surface area contributed by atoms with E-state index in [9.17, 15) is 4.79 Å². The minimum Gasteiger partial charge on any atom is -0.368 e. The third kappa shape index (κ3) is 3.44. The van der Waals surface area contributed by atoms with Crippen molar-refractivity contribution < 1.29 is 4.79 Å². The third-order valence-corrected chi connectivity index (χ3v) is 4.15. The number of pyridine rings is 1. The fraction of sp³-hybridized carbons (Fsp3) is 0.500. The molecule has 2 rings (SSSR count). The first-order valence-electron chi connectivity index (χ1n) is 5.70. The van der Waals surface area contributed by atoms with Gasteiger partial charge in [0, 0.05) is 29.1 Å². The van der Waals surface area contributed by atoms with Gasteiger partial charge in [0.2, 0.25) is 5.91 Å². The molecule has 4 nitrogen and oxygen atoms in total. The van der Waals surface area contributed by atoms with Crippen molar-refractivity contribution >= 4 is 17.7 Å². The summed E-state index contributed by atoms with van der Waals surface area (Å²) in [6.45, 7) is 1.88. The van der Waals surface area contributed by atoms with E-state index in [-0.39, 0.29) is 5.91 Å². The molecule has 1 aromatic heterocycles. The summed E-state index contributed by atoms with van der Waals surface area (Å²) in [6, 6.07) is 4.33. The average Bonchev–Trinajstić information content (AvgIpc) is 3.11. The van der Waals surface area contributed by atoms with Gasteiger partial charge in [-0.05, 0) is 31.9 Å². The van der Waals surface area contributed by atoms with Crippen molar-refractivity contribution in [2.75, 3.05) is 5.75 Å². The lowest BCUT2D eigenvalue weighted by atomic mass is 10.1. The summed E-state index contributed by atoms with van der Waals surface area (Å²) >= 11 is 1.62. The van der Waals surface area contributed by atoms with Gasteiger partial charge in [-0.2, -0.15) is 0 Å². The summed E-state index contributed by atoms with van der Waals surface area (Å²) in [5.74, 6) is 0.356. The molecule has 0 saturated heterocycles. The zero-order valence-corrected chi connectivity index (χ0v) is 10.7. The maximum absolute atomic E-state index is 11.5. The fourth-order valence-corrected chi connectivity index (χ4v) is 2.52. The molecule has 0 aromatic carbocycles. The number of hydrogen-bond donors (Lipinski definition) is 2. The van der Waals surface area contributed by atoms with Gasteiger partial charge >= 0.3 is 0 Å². The van der Waals surface area contributed by atoms with E-state index in [1.165, 1.54) is 0 Å². The summed E-state index contributed by atoms with van der Waals surface area (Å²) < 4.78 is 0. The Morgan fingerprint density at radius 1 is 1.59 bits per heavy atom. The minimum atomic E-state index is -0.630. The van der Waals surface area contributed by atoms with Crippen LogP contribution in [-0.2, 0) is 4.79 Å². The van der Waals surface area contributed by atoms with Crippen molar-refractivity contribution in [1.82, 2.24) is 10.3 Å². The predicted molar refractivity (Wildman–Crippen MR) is 68.7 cm³/mol. The molecule has 0 radical (unpaired) electrons. The second-order valence-corrected chi connectivity index (χ2v) is 5.64. The predicted octanol–water partition coefficient (Wildman–Crippen LogP) is 1.17. The first-order valence-corrected chi connectivity index (χ1v) is 6.69. The van der Waals surface area contributed by atoms with Crippen LogP contribution in [0.15, 0.2) is 29.4 Å². The van der Waals surface area contributed by atoms with Gasteiger partial charge in [0.25, 0.3) is 0 Å². The van der Waals surface area contributed by atoms with Crippen molar-refractivity contribution in [2.45, 2.75) is 36.2 Å². The van der Waals surface area contributed by atoms with Crippen molar-refractivity contribution in [2.24, 2.45) is 5.73 Å². The van der Waals surface area contributed by atoms with Gasteiger partial charge in [0.05, 0.1) is 0 Å². The Bertz CT molecular complexity index is 394. The topological polar surface area (TPSA) is 68.0 Å². The number of hydrogen-bond acceptors (Lipinski definition) is 4. The monoisotopic (exact) mass is 251 g/mol. The van der Waals surface area contributed by atoms with Gasteiger partial charge < -0.3 is 11.1 Å². The number of carbonyl (C=O) groups is 1. The Labute approximate surface area is 105 Å². The zero-order valence-electron chi connectivity index (χ0n) is 9.85. The van der Waals surface area contributed by atoms with Crippen LogP contribution in [-0.4, -0.2) is 28.2 Å². The van der Waals surface area contributed by atoms with E-state index in [0.29, 0.717) is 11.8 Å². The summed E-state index contributed by atoms with van der Waals surface area (Å²) in [6.07, 6.45) is 5.78. The molecule has 17 heavy (non-hydrogen) atoms. The van der Waals surface area contributed by atoms with Crippen LogP contribution >= 0.6 is 11.8 Å². The number of primary amides is 1. The average molecular weight is 251 g/mol. The van der Waals surface area contributed by atoms with Crippen LogP contribution in [0.25, 0.3) is 0 Å².